The molecule has 5 heteroatoms. The topological polar surface area (TPSA) is 72.6 Å². The van der Waals surface area contributed by atoms with Gasteiger partial charge in [-0.25, -0.2) is 0 Å². The van der Waals surface area contributed by atoms with Crippen LogP contribution in [-0.4, -0.2) is 36.5 Å². The molecule has 0 unspecified atom stereocenters. The second kappa shape index (κ2) is 6.89. The van der Waals surface area contributed by atoms with Gasteiger partial charge in [0, 0.05) is 18.2 Å². The summed E-state index contributed by atoms with van der Waals surface area (Å²) in [6.45, 7) is 4.78. The van der Waals surface area contributed by atoms with Crippen molar-refractivity contribution in [3.05, 3.63) is 35.4 Å². The summed E-state index contributed by atoms with van der Waals surface area (Å²) in [5, 5.41) is 0. The summed E-state index contributed by atoms with van der Waals surface area (Å²) in [5.74, 6) is -0.731. The molecule has 0 aliphatic carbocycles. The van der Waals surface area contributed by atoms with E-state index in [1.807, 2.05) is 24.8 Å². The minimum atomic E-state index is -0.453. The molecule has 0 spiro atoms. The van der Waals surface area contributed by atoms with Crippen LogP contribution < -0.4 is 5.73 Å². The van der Waals surface area contributed by atoms with Crippen LogP contribution in [0, 0.1) is 0 Å². The Morgan fingerprint density at radius 1 is 1.37 bits per heavy atom. The molecule has 0 bridgehead atoms. The van der Waals surface area contributed by atoms with Crippen molar-refractivity contribution in [3.63, 3.8) is 0 Å². The molecule has 5 nitrogen and oxygen atoms in total. The van der Waals surface area contributed by atoms with E-state index in [4.69, 9.17) is 5.73 Å². The number of nitrogens with zero attached hydrogens (tertiary/aromatic N) is 1. The molecule has 0 aromatic heterocycles. The first-order valence-electron chi connectivity index (χ1n) is 6.13. The number of rotatable bonds is 6. The monoisotopic (exact) mass is 264 g/mol. The third-order valence-corrected chi connectivity index (χ3v) is 2.89. The largest absolute Gasteiger partial charge is 0.468 e. The van der Waals surface area contributed by atoms with Crippen molar-refractivity contribution in [3.8, 4) is 0 Å². The Morgan fingerprint density at radius 3 is 2.58 bits per heavy atom. The number of amides is 1. The van der Waals surface area contributed by atoms with Crippen molar-refractivity contribution in [1.29, 1.82) is 0 Å². The maximum absolute atomic E-state index is 11.4. The third-order valence-electron chi connectivity index (χ3n) is 2.89. The molecule has 104 valence electrons. The van der Waals surface area contributed by atoms with E-state index in [0.29, 0.717) is 12.1 Å². The third kappa shape index (κ3) is 4.71. The van der Waals surface area contributed by atoms with Gasteiger partial charge in [0.05, 0.1) is 13.7 Å². The minimum absolute atomic E-state index is 0.191. The van der Waals surface area contributed by atoms with Gasteiger partial charge in [0.25, 0.3) is 0 Å². The van der Waals surface area contributed by atoms with Crippen molar-refractivity contribution < 1.29 is 14.3 Å². The average molecular weight is 264 g/mol. The van der Waals surface area contributed by atoms with Crippen LogP contribution in [0.4, 0.5) is 0 Å². The number of hydrogen-bond donors (Lipinski definition) is 1. The van der Waals surface area contributed by atoms with Crippen LogP contribution in [0.25, 0.3) is 0 Å². The standard InChI is InChI=1S/C14H20N2O3/c1-10(2)16(9-13(17)19-3)8-11-5-4-6-12(7-11)14(15)18/h4-7,10H,8-9H2,1-3H3,(H2,15,18). The minimum Gasteiger partial charge on any atom is -0.468 e. The van der Waals surface area contributed by atoms with E-state index < -0.39 is 5.91 Å². The Kier molecular flexibility index (Phi) is 5.51. The van der Waals surface area contributed by atoms with Crippen molar-refractivity contribution in [2.75, 3.05) is 13.7 Å². The molecule has 1 rings (SSSR count). The lowest BCUT2D eigenvalue weighted by molar-refractivity contribution is -0.142. The molecular formula is C14H20N2O3. The lowest BCUT2D eigenvalue weighted by Crippen LogP contribution is -2.35. The molecule has 0 heterocycles. The molecular weight excluding hydrogens is 244 g/mol. The lowest BCUT2D eigenvalue weighted by Gasteiger charge is -2.25. The number of primary amides is 1. The Labute approximate surface area is 113 Å². The fourth-order valence-corrected chi connectivity index (χ4v) is 1.71. The van der Waals surface area contributed by atoms with Gasteiger partial charge >= 0.3 is 5.97 Å². The van der Waals surface area contributed by atoms with Crippen LogP contribution in [0.5, 0.6) is 0 Å². The smallest absolute Gasteiger partial charge is 0.319 e. The van der Waals surface area contributed by atoms with Crippen LogP contribution in [0.2, 0.25) is 0 Å². The van der Waals surface area contributed by atoms with Crippen LogP contribution in [-0.2, 0) is 16.1 Å². The molecule has 0 saturated carbocycles. The first kappa shape index (κ1) is 15.2. The quantitative estimate of drug-likeness (QED) is 0.783. The fourth-order valence-electron chi connectivity index (χ4n) is 1.71. The Morgan fingerprint density at radius 2 is 2.05 bits per heavy atom. The van der Waals surface area contributed by atoms with Gasteiger partial charge in [-0.2, -0.15) is 0 Å². The molecule has 0 saturated heterocycles. The molecule has 0 fully saturated rings. The van der Waals surface area contributed by atoms with Gasteiger partial charge in [-0.3, -0.25) is 14.5 Å². The zero-order valence-corrected chi connectivity index (χ0v) is 11.6. The molecule has 2 N–H and O–H groups in total. The highest BCUT2D eigenvalue weighted by Gasteiger charge is 2.15. The van der Waals surface area contributed by atoms with E-state index in [0.717, 1.165) is 5.56 Å². The maximum Gasteiger partial charge on any atom is 0.319 e. The normalized spacial score (nSPS) is 10.8. The number of methoxy groups -OCH3 is 1. The van der Waals surface area contributed by atoms with Gasteiger partial charge in [-0.1, -0.05) is 12.1 Å². The molecule has 0 aliphatic heterocycles. The van der Waals surface area contributed by atoms with Crippen molar-refractivity contribution >= 4 is 11.9 Å². The molecule has 0 radical (unpaired) electrons. The molecule has 1 aromatic carbocycles. The van der Waals surface area contributed by atoms with Gasteiger partial charge in [-0.05, 0) is 31.5 Å². The van der Waals surface area contributed by atoms with E-state index in [1.165, 1.54) is 7.11 Å². The van der Waals surface area contributed by atoms with E-state index in [1.54, 1.807) is 18.2 Å². The number of esters is 1. The average Bonchev–Trinajstić information content (AvgIpc) is 2.37. The fraction of sp³-hybridized carbons (Fsp3) is 0.429. The summed E-state index contributed by atoms with van der Waals surface area (Å²) < 4.78 is 4.68. The number of ether oxygens (including phenoxy) is 1. The zero-order chi connectivity index (χ0) is 14.4. The van der Waals surface area contributed by atoms with Crippen molar-refractivity contribution in [2.45, 2.75) is 26.4 Å². The number of benzene rings is 1. The highest BCUT2D eigenvalue weighted by molar-refractivity contribution is 5.92. The Bertz CT molecular complexity index is 458. The summed E-state index contributed by atoms with van der Waals surface area (Å²) in [6.07, 6.45) is 0. The summed E-state index contributed by atoms with van der Waals surface area (Å²) >= 11 is 0. The lowest BCUT2D eigenvalue weighted by atomic mass is 10.1. The highest BCUT2D eigenvalue weighted by atomic mass is 16.5. The van der Waals surface area contributed by atoms with Gasteiger partial charge in [0.1, 0.15) is 0 Å². The first-order valence-corrected chi connectivity index (χ1v) is 6.13. The molecule has 1 amide bonds. The van der Waals surface area contributed by atoms with Crippen molar-refractivity contribution in [2.24, 2.45) is 5.73 Å². The van der Waals surface area contributed by atoms with Gasteiger partial charge in [-0.15, -0.1) is 0 Å². The second-order valence-electron chi connectivity index (χ2n) is 4.64. The predicted molar refractivity (Wildman–Crippen MR) is 72.5 cm³/mol. The van der Waals surface area contributed by atoms with Crippen LogP contribution in [0.3, 0.4) is 0 Å². The summed E-state index contributed by atoms with van der Waals surface area (Å²) in [5.41, 5.74) is 6.66. The zero-order valence-electron chi connectivity index (χ0n) is 11.6. The number of hydrogen-bond acceptors (Lipinski definition) is 4. The summed E-state index contributed by atoms with van der Waals surface area (Å²) in [4.78, 5) is 24.4. The van der Waals surface area contributed by atoms with E-state index in [2.05, 4.69) is 4.74 Å². The summed E-state index contributed by atoms with van der Waals surface area (Å²) in [7, 11) is 1.37. The molecule has 1 aromatic rings. The van der Waals surface area contributed by atoms with Crippen molar-refractivity contribution in [1.82, 2.24) is 4.90 Å². The van der Waals surface area contributed by atoms with Crippen LogP contribution in [0.15, 0.2) is 24.3 Å². The Hall–Kier alpha value is -1.88. The number of carbonyl (C=O) groups is 2. The van der Waals surface area contributed by atoms with Crippen LogP contribution >= 0.6 is 0 Å². The predicted octanol–water partition coefficient (Wildman–Crippen LogP) is 1.17. The second-order valence-corrected chi connectivity index (χ2v) is 4.64. The number of carbonyl (C=O) groups excluding carboxylic acids is 2. The van der Waals surface area contributed by atoms with E-state index >= 15 is 0 Å². The van der Waals surface area contributed by atoms with E-state index in [-0.39, 0.29) is 18.6 Å². The van der Waals surface area contributed by atoms with Gasteiger partial charge < -0.3 is 10.5 Å². The van der Waals surface area contributed by atoms with E-state index in [9.17, 15) is 9.59 Å². The number of nitrogens with two attached hydrogens (primary N) is 1. The SMILES string of the molecule is COC(=O)CN(Cc1cccc(C(N)=O)c1)C(C)C. The molecule has 0 aliphatic rings. The van der Waals surface area contributed by atoms with Gasteiger partial charge in [0.2, 0.25) is 5.91 Å². The maximum atomic E-state index is 11.4. The van der Waals surface area contributed by atoms with Gasteiger partial charge in [0.15, 0.2) is 0 Å². The molecule has 0 atom stereocenters. The summed E-state index contributed by atoms with van der Waals surface area (Å²) in [6, 6.07) is 7.29. The molecule has 19 heavy (non-hydrogen) atoms. The van der Waals surface area contributed by atoms with Crippen LogP contribution in [0.1, 0.15) is 29.8 Å². The highest BCUT2D eigenvalue weighted by Crippen LogP contribution is 2.10. The Balaban J connectivity index is 2.81. The first-order chi connectivity index (χ1) is 8.93.